The summed E-state index contributed by atoms with van der Waals surface area (Å²) >= 11 is 0. The topological polar surface area (TPSA) is 62.3 Å². The van der Waals surface area contributed by atoms with E-state index in [4.69, 9.17) is 9.47 Å². The van der Waals surface area contributed by atoms with Crippen LogP contribution >= 0.6 is 0 Å². The van der Waals surface area contributed by atoms with Gasteiger partial charge < -0.3 is 14.6 Å². The van der Waals surface area contributed by atoms with Crippen molar-refractivity contribution in [3.8, 4) is 0 Å². The van der Waals surface area contributed by atoms with Crippen LogP contribution < -0.4 is 0 Å². The molecule has 0 radical (unpaired) electrons. The zero-order chi connectivity index (χ0) is 15.3. The number of esters is 1. The molecule has 22 heavy (non-hydrogen) atoms. The number of benzene rings is 1. The van der Waals surface area contributed by atoms with Crippen molar-refractivity contribution in [1.82, 2.24) is 4.90 Å². The monoisotopic (exact) mass is 303 g/mol. The quantitative estimate of drug-likeness (QED) is 0.662. The minimum Gasteiger partial charge on any atom is -0.462 e. The fourth-order valence-corrected chi connectivity index (χ4v) is 4.04. The maximum Gasteiger partial charge on any atom is 0.316 e. The first-order valence-electron chi connectivity index (χ1n) is 7.92. The number of morpholine rings is 1. The first-order chi connectivity index (χ1) is 10.7. The van der Waals surface area contributed by atoms with Crippen LogP contribution in [0.1, 0.15) is 24.3 Å². The molecule has 4 rings (SSSR count). The number of likely N-dealkylation sites (N-methyl/N-ethyl adjacent to an activating group) is 1. The molecule has 3 saturated heterocycles. The summed E-state index contributed by atoms with van der Waals surface area (Å²) < 4.78 is 11.4. The molecule has 3 aliphatic heterocycles. The summed E-state index contributed by atoms with van der Waals surface area (Å²) in [6.45, 7) is -0.226. The van der Waals surface area contributed by atoms with Gasteiger partial charge in [0.2, 0.25) is 0 Å². The highest BCUT2D eigenvalue weighted by molar-refractivity contribution is 5.78. The lowest BCUT2D eigenvalue weighted by molar-refractivity contribution is -0.156. The van der Waals surface area contributed by atoms with Crippen LogP contribution in [0.25, 0.3) is 0 Å². The van der Waals surface area contributed by atoms with E-state index in [1.807, 2.05) is 30.3 Å². The van der Waals surface area contributed by atoms with Crippen molar-refractivity contribution in [3.63, 3.8) is 0 Å². The Morgan fingerprint density at radius 1 is 1.32 bits per heavy atom. The van der Waals surface area contributed by atoms with Gasteiger partial charge in [-0.05, 0) is 12.6 Å². The van der Waals surface area contributed by atoms with Crippen LogP contribution in [0.3, 0.4) is 0 Å². The molecular formula is C17H21NO4. The maximum atomic E-state index is 12.4. The van der Waals surface area contributed by atoms with Gasteiger partial charge in [-0.15, -0.1) is 0 Å². The first kappa shape index (κ1) is 14.2. The van der Waals surface area contributed by atoms with Crippen LogP contribution in [-0.2, 0) is 14.3 Å². The smallest absolute Gasteiger partial charge is 0.316 e. The second-order valence-corrected chi connectivity index (χ2v) is 6.54. The SMILES string of the molecule is CN1C2CC(OC(=O)[C@H](CO)c3ccccc3)CC1[C@@H]1OC21. The number of fused-ring (bicyclic) bond motifs is 5. The number of rotatable bonds is 4. The number of epoxide rings is 1. The van der Waals surface area contributed by atoms with Crippen LogP contribution in [0.4, 0.5) is 0 Å². The second kappa shape index (κ2) is 5.33. The lowest BCUT2D eigenvalue weighted by atomic mass is 9.97. The van der Waals surface area contributed by atoms with Gasteiger partial charge in [0.25, 0.3) is 0 Å². The Balaban J connectivity index is 1.42. The van der Waals surface area contributed by atoms with Crippen LogP contribution in [0.5, 0.6) is 0 Å². The van der Waals surface area contributed by atoms with Gasteiger partial charge in [0.05, 0.1) is 6.61 Å². The van der Waals surface area contributed by atoms with Crippen molar-refractivity contribution in [2.45, 2.75) is 49.2 Å². The van der Waals surface area contributed by atoms with Gasteiger partial charge in [0, 0.05) is 24.9 Å². The van der Waals surface area contributed by atoms with E-state index in [1.165, 1.54) is 0 Å². The first-order valence-corrected chi connectivity index (χ1v) is 7.92. The number of carbonyl (C=O) groups is 1. The highest BCUT2D eigenvalue weighted by Crippen LogP contribution is 2.48. The van der Waals surface area contributed by atoms with E-state index in [1.54, 1.807) is 0 Å². The molecule has 4 unspecified atom stereocenters. The van der Waals surface area contributed by atoms with E-state index in [-0.39, 0.29) is 18.7 Å². The van der Waals surface area contributed by atoms with Gasteiger partial charge in [-0.25, -0.2) is 0 Å². The second-order valence-electron chi connectivity index (χ2n) is 6.54. The number of aliphatic hydroxyl groups excluding tert-OH is 1. The van der Waals surface area contributed by atoms with E-state index in [9.17, 15) is 9.90 Å². The largest absolute Gasteiger partial charge is 0.462 e. The summed E-state index contributed by atoms with van der Waals surface area (Å²) in [4.78, 5) is 14.8. The molecule has 3 fully saturated rings. The molecule has 1 N–H and O–H groups in total. The van der Waals surface area contributed by atoms with E-state index in [0.717, 1.165) is 18.4 Å². The van der Waals surface area contributed by atoms with Crippen LogP contribution in [0, 0.1) is 0 Å². The van der Waals surface area contributed by atoms with Gasteiger partial charge >= 0.3 is 5.97 Å². The Labute approximate surface area is 129 Å². The Morgan fingerprint density at radius 3 is 2.55 bits per heavy atom. The van der Waals surface area contributed by atoms with E-state index in [2.05, 4.69) is 11.9 Å². The summed E-state index contributed by atoms with van der Waals surface area (Å²) in [5.41, 5.74) is 0.803. The summed E-state index contributed by atoms with van der Waals surface area (Å²) in [7, 11) is 2.13. The average molecular weight is 303 g/mol. The Kier molecular flexibility index (Phi) is 3.44. The van der Waals surface area contributed by atoms with E-state index < -0.39 is 5.92 Å². The lowest BCUT2D eigenvalue weighted by Gasteiger charge is -2.38. The molecule has 6 atom stereocenters. The summed E-state index contributed by atoms with van der Waals surface area (Å²) in [5.74, 6) is -0.915. The van der Waals surface area contributed by atoms with Gasteiger partial charge in [0.1, 0.15) is 24.2 Å². The van der Waals surface area contributed by atoms with Gasteiger partial charge in [-0.3, -0.25) is 9.69 Å². The number of hydrogen-bond acceptors (Lipinski definition) is 5. The maximum absolute atomic E-state index is 12.4. The average Bonchev–Trinajstić information content (AvgIpc) is 3.27. The minimum atomic E-state index is -0.593. The molecule has 0 saturated carbocycles. The number of hydrogen-bond donors (Lipinski definition) is 1. The summed E-state index contributed by atoms with van der Waals surface area (Å²) in [5, 5.41) is 9.56. The number of carbonyl (C=O) groups excluding carboxylic acids is 1. The van der Waals surface area contributed by atoms with Gasteiger partial charge in [-0.1, -0.05) is 30.3 Å². The molecule has 5 heteroatoms. The molecule has 1 aromatic carbocycles. The third kappa shape index (κ3) is 2.24. The number of piperidine rings is 1. The molecule has 3 heterocycles. The molecule has 5 nitrogen and oxygen atoms in total. The minimum absolute atomic E-state index is 0.0622. The number of nitrogens with zero attached hydrogens (tertiary/aromatic N) is 1. The molecule has 0 aliphatic carbocycles. The predicted octanol–water partition coefficient (Wildman–Crippen LogP) is 0.918. The van der Waals surface area contributed by atoms with Crippen LogP contribution in [0.15, 0.2) is 30.3 Å². The standard InChI is InChI=1S/C17H21NO4/c1-18-13-7-11(8-14(18)16-15(13)22-16)21-17(20)12(9-19)10-5-3-2-4-6-10/h2-6,11-16,19H,7-9H2,1H3/t11?,12-,13?,14?,15+,16?/m1/s1. The Hall–Kier alpha value is -1.43. The summed E-state index contributed by atoms with van der Waals surface area (Å²) in [6.07, 6.45) is 2.26. The summed E-state index contributed by atoms with van der Waals surface area (Å²) in [6, 6.07) is 10.1. The number of aliphatic hydroxyl groups is 1. The molecule has 0 amide bonds. The Morgan fingerprint density at radius 2 is 1.95 bits per heavy atom. The fraction of sp³-hybridized carbons (Fsp3) is 0.588. The van der Waals surface area contributed by atoms with E-state index in [0.29, 0.717) is 24.3 Å². The lowest BCUT2D eigenvalue weighted by Crippen LogP contribution is -2.48. The van der Waals surface area contributed by atoms with Crippen molar-refractivity contribution < 1.29 is 19.4 Å². The molecule has 118 valence electrons. The molecule has 2 bridgehead atoms. The Bertz CT molecular complexity index is 545. The van der Waals surface area contributed by atoms with Crippen LogP contribution in [-0.4, -0.2) is 60.0 Å². The third-order valence-electron chi connectivity index (χ3n) is 5.33. The molecule has 0 aromatic heterocycles. The van der Waals surface area contributed by atoms with Crippen molar-refractivity contribution >= 4 is 5.97 Å². The fourth-order valence-electron chi connectivity index (χ4n) is 4.04. The highest BCUT2D eigenvalue weighted by Gasteiger charge is 2.62. The zero-order valence-corrected chi connectivity index (χ0v) is 12.6. The molecular weight excluding hydrogens is 282 g/mol. The van der Waals surface area contributed by atoms with Crippen molar-refractivity contribution in [1.29, 1.82) is 0 Å². The normalized spacial score (nSPS) is 37.5. The molecule has 3 aliphatic rings. The highest BCUT2D eigenvalue weighted by atomic mass is 16.6. The van der Waals surface area contributed by atoms with Gasteiger partial charge in [-0.2, -0.15) is 0 Å². The van der Waals surface area contributed by atoms with Crippen molar-refractivity contribution in [2.24, 2.45) is 0 Å². The number of ether oxygens (including phenoxy) is 2. The third-order valence-corrected chi connectivity index (χ3v) is 5.33. The van der Waals surface area contributed by atoms with Gasteiger partial charge in [0.15, 0.2) is 0 Å². The van der Waals surface area contributed by atoms with Crippen molar-refractivity contribution in [3.05, 3.63) is 35.9 Å². The predicted molar refractivity (Wildman–Crippen MR) is 79.4 cm³/mol. The molecule has 1 aromatic rings. The van der Waals surface area contributed by atoms with E-state index >= 15 is 0 Å². The zero-order valence-electron chi connectivity index (χ0n) is 12.6. The van der Waals surface area contributed by atoms with Crippen LogP contribution in [0.2, 0.25) is 0 Å². The van der Waals surface area contributed by atoms with Crippen molar-refractivity contribution in [2.75, 3.05) is 13.7 Å². The molecule has 0 spiro atoms.